The number of fused-ring (bicyclic) bond motifs is 1. The zero-order valence-electron chi connectivity index (χ0n) is 17.0. The number of amides is 2. The number of ether oxygens (including phenoxy) is 2. The van der Waals surface area contributed by atoms with Gasteiger partial charge in [0.1, 0.15) is 18.1 Å². The molecule has 0 aromatic heterocycles. The number of benzene rings is 2. The van der Waals surface area contributed by atoms with Gasteiger partial charge in [0.2, 0.25) is 5.91 Å². The van der Waals surface area contributed by atoms with Crippen molar-refractivity contribution in [1.82, 2.24) is 0 Å². The van der Waals surface area contributed by atoms with Crippen LogP contribution in [-0.2, 0) is 4.79 Å². The SMILES string of the molecule is C=CCN1C(=O)C(C)(C)COc2cc(NC(=O)c3ccccc3OCC)ccc21. The average molecular weight is 394 g/mol. The summed E-state index contributed by atoms with van der Waals surface area (Å²) in [6, 6.07) is 12.4. The first-order valence-corrected chi connectivity index (χ1v) is 9.60. The highest BCUT2D eigenvalue weighted by molar-refractivity contribution is 6.06. The van der Waals surface area contributed by atoms with Gasteiger partial charge in [0.15, 0.2) is 0 Å². The van der Waals surface area contributed by atoms with Gasteiger partial charge in [-0.2, -0.15) is 0 Å². The zero-order chi connectivity index (χ0) is 21.0. The van der Waals surface area contributed by atoms with E-state index in [4.69, 9.17) is 9.47 Å². The van der Waals surface area contributed by atoms with Crippen molar-refractivity contribution < 1.29 is 19.1 Å². The van der Waals surface area contributed by atoms with Gasteiger partial charge in [-0.1, -0.05) is 18.2 Å². The third-order valence-corrected chi connectivity index (χ3v) is 4.66. The molecule has 2 aromatic carbocycles. The normalized spacial score (nSPS) is 15.0. The van der Waals surface area contributed by atoms with Crippen LogP contribution in [0, 0.1) is 5.41 Å². The van der Waals surface area contributed by atoms with Crippen molar-refractivity contribution in [2.24, 2.45) is 5.41 Å². The standard InChI is InChI=1S/C23H26N2O4/c1-5-13-25-18-12-11-16(14-20(18)29-15-23(3,4)22(25)27)24-21(26)17-9-7-8-10-19(17)28-6-2/h5,7-12,14H,1,6,13,15H2,2-4H3,(H,24,26). The molecule has 0 atom stereocenters. The molecule has 0 aliphatic carbocycles. The fourth-order valence-corrected chi connectivity index (χ4v) is 3.17. The first kappa shape index (κ1) is 20.5. The van der Waals surface area contributed by atoms with Crippen molar-refractivity contribution in [3.8, 4) is 11.5 Å². The molecule has 2 amide bonds. The summed E-state index contributed by atoms with van der Waals surface area (Å²) in [5.41, 5.74) is 1.02. The first-order chi connectivity index (χ1) is 13.9. The zero-order valence-corrected chi connectivity index (χ0v) is 17.0. The maximum Gasteiger partial charge on any atom is 0.259 e. The predicted octanol–water partition coefficient (Wildman–Crippen LogP) is 4.28. The molecule has 0 saturated carbocycles. The van der Waals surface area contributed by atoms with E-state index in [9.17, 15) is 9.59 Å². The van der Waals surface area contributed by atoms with E-state index in [2.05, 4.69) is 11.9 Å². The predicted molar refractivity (Wildman–Crippen MR) is 114 cm³/mol. The van der Waals surface area contributed by atoms with Gasteiger partial charge in [-0.3, -0.25) is 9.59 Å². The van der Waals surface area contributed by atoms with Crippen LogP contribution in [0.2, 0.25) is 0 Å². The molecule has 1 aliphatic heterocycles. The molecule has 0 bridgehead atoms. The maximum atomic E-state index is 12.9. The largest absolute Gasteiger partial charge is 0.493 e. The van der Waals surface area contributed by atoms with Crippen molar-refractivity contribution in [2.45, 2.75) is 20.8 Å². The van der Waals surface area contributed by atoms with Crippen molar-refractivity contribution in [3.63, 3.8) is 0 Å². The van der Waals surface area contributed by atoms with Crippen LogP contribution in [-0.4, -0.2) is 31.6 Å². The molecule has 0 fully saturated rings. The minimum absolute atomic E-state index is 0.0291. The van der Waals surface area contributed by atoms with Gasteiger partial charge in [-0.15, -0.1) is 6.58 Å². The minimum Gasteiger partial charge on any atom is -0.493 e. The number of nitrogens with zero attached hydrogens (tertiary/aromatic N) is 1. The van der Waals surface area contributed by atoms with Gasteiger partial charge >= 0.3 is 0 Å². The lowest BCUT2D eigenvalue weighted by Gasteiger charge is -2.27. The molecule has 3 rings (SSSR count). The molecule has 29 heavy (non-hydrogen) atoms. The number of carbonyl (C=O) groups excluding carboxylic acids is 2. The Morgan fingerprint density at radius 2 is 2.07 bits per heavy atom. The highest BCUT2D eigenvalue weighted by Gasteiger charge is 2.37. The lowest BCUT2D eigenvalue weighted by Crippen LogP contribution is -2.42. The third kappa shape index (κ3) is 4.26. The summed E-state index contributed by atoms with van der Waals surface area (Å²) in [6.07, 6.45) is 1.68. The fourth-order valence-electron chi connectivity index (χ4n) is 3.17. The highest BCUT2D eigenvalue weighted by Crippen LogP contribution is 2.38. The van der Waals surface area contributed by atoms with Gasteiger partial charge in [-0.25, -0.2) is 0 Å². The van der Waals surface area contributed by atoms with Gasteiger partial charge in [0.25, 0.3) is 5.91 Å². The van der Waals surface area contributed by atoms with Crippen LogP contribution in [0.15, 0.2) is 55.1 Å². The second-order valence-electron chi connectivity index (χ2n) is 7.44. The summed E-state index contributed by atoms with van der Waals surface area (Å²) in [6.45, 7) is 10.4. The molecule has 6 heteroatoms. The smallest absolute Gasteiger partial charge is 0.259 e. The van der Waals surface area contributed by atoms with Crippen LogP contribution < -0.4 is 19.7 Å². The number of anilines is 2. The summed E-state index contributed by atoms with van der Waals surface area (Å²) in [7, 11) is 0. The van der Waals surface area contributed by atoms with Crippen molar-refractivity contribution in [2.75, 3.05) is 30.0 Å². The van der Waals surface area contributed by atoms with Gasteiger partial charge in [0.05, 0.1) is 23.3 Å². The second-order valence-corrected chi connectivity index (χ2v) is 7.44. The molecule has 152 valence electrons. The fraction of sp³-hybridized carbons (Fsp3) is 0.304. The lowest BCUT2D eigenvalue weighted by molar-refractivity contribution is -0.127. The maximum absolute atomic E-state index is 12.9. The van der Waals surface area contributed by atoms with Crippen LogP contribution in [0.25, 0.3) is 0 Å². The van der Waals surface area contributed by atoms with Gasteiger partial charge in [0, 0.05) is 18.3 Å². The molecule has 0 unspecified atom stereocenters. The monoisotopic (exact) mass is 394 g/mol. The quantitative estimate of drug-likeness (QED) is 0.743. The molecular weight excluding hydrogens is 368 g/mol. The summed E-state index contributed by atoms with van der Waals surface area (Å²) >= 11 is 0. The van der Waals surface area contributed by atoms with E-state index in [-0.39, 0.29) is 18.4 Å². The Hall–Kier alpha value is -3.28. The van der Waals surface area contributed by atoms with Crippen LogP contribution in [0.5, 0.6) is 11.5 Å². The molecular formula is C23H26N2O4. The van der Waals surface area contributed by atoms with Gasteiger partial charge < -0.3 is 19.7 Å². The van der Waals surface area contributed by atoms with Crippen molar-refractivity contribution in [1.29, 1.82) is 0 Å². The van der Waals surface area contributed by atoms with E-state index < -0.39 is 5.41 Å². The Balaban J connectivity index is 1.89. The summed E-state index contributed by atoms with van der Waals surface area (Å²) in [5.74, 6) is 0.769. The Morgan fingerprint density at radius 3 is 2.79 bits per heavy atom. The Morgan fingerprint density at radius 1 is 1.31 bits per heavy atom. The van der Waals surface area contributed by atoms with Crippen molar-refractivity contribution in [3.05, 3.63) is 60.7 Å². The van der Waals surface area contributed by atoms with Gasteiger partial charge in [-0.05, 0) is 45.0 Å². The number of carbonyl (C=O) groups is 2. The van der Waals surface area contributed by atoms with Crippen LogP contribution in [0.3, 0.4) is 0 Å². The molecule has 0 radical (unpaired) electrons. The van der Waals surface area contributed by atoms with Crippen molar-refractivity contribution >= 4 is 23.2 Å². The number of rotatable bonds is 6. The minimum atomic E-state index is -0.665. The Labute approximate surface area is 171 Å². The molecule has 6 nitrogen and oxygen atoms in total. The average Bonchev–Trinajstić information content (AvgIpc) is 2.79. The molecule has 1 aliphatic rings. The topological polar surface area (TPSA) is 67.9 Å². The van der Waals surface area contributed by atoms with E-state index in [1.807, 2.05) is 26.8 Å². The van der Waals surface area contributed by atoms with E-state index in [0.29, 0.717) is 41.6 Å². The van der Waals surface area contributed by atoms with E-state index in [1.54, 1.807) is 47.4 Å². The molecule has 1 N–H and O–H groups in total. The number of nitrogens with one attached hydrogen (secondary N) is 1. The molecule has 1 heterocycles. The number of para-hydroxylation sites is 1. The molecule has 2 aromatic rings. The van der Waals surface area contributed by atoms with Crippen LogP contribution in [0.4, 0.5) is 11.4 Å². The van der Waals surface area contributed by atoms with E-state index >= 15 is 0 Å². The van der Waals surface area contributed by atoms with Crippen LogP contribution >= 0.6 is 0 Å². The molecule has 0 saturated heterocycles. The summed E-state index contributed by atoms with van der Waals surface area (Å²) < 4.78 is 11.5. The highest BCUT2D eigenvalue weighted by atomic mass is 16.5. The second kappa shape index (κ2) is 8.39. The van der Waals surface area contributed by atoms with Crippen LogP contribution in [0.1, 0.15) is 31.1 Å². The first-order valence-electron chi connectivity index (χ1n) is 9.60. The Bertz CT molecular complexity index is 936. The molecule has 0 spiro atoms. The van der Waals surface area contributed by atoms with E-state index in [1.165, 1.54) is 0 Å². The van der Waals surface area contributed by atoms with E-state index in [0.717, 1.165) is 0 Å². The lowest BCUT2D eigenvalue weighted by atomic mass is 9.93. The third-order valence-electron chi connectivity index (χ3n) is 4.66. The number of hydrogen-bond donors (Lipinski definition) is 1. The summed E-state index contributed by atoms with van der Waals surface area (Å²) in [4.78, 5) is 27.3. The number of hydrogen-bond acceptors (Lipinski definition) is 4. The Kier molecular flexibility index (Phi) is 5.92. The summed E-state index contributed by atoms with van der Waals surface area (Å²) in [5, 5.41) is 2.88.